The Bertz CT molecular complexity index is 886. The van der Waals surface area contributed by atoms with Crippen molar-refractivity contribution in [1.29, 1.82) is 0 Å². The third kappa shape index (κ3) is 10.2. The summed E-state index contributed by atoms with van der Waals surface area (Å²) in [6, 6.07) is 5.75. The van der Waals surface area contributed by atoms with E-state index in [1.807, 2.05) is 31.2 Å². The van der Waals surface area contributed by atoms with Crippen molar-refractivity contribution in [1.82, 2.24) is 4.90 Å². The summed E-state index contributed by atoms with van der Waals surface area (Å²) in [4.78, 5) is 25.7. The number of aliphatic carboxylic acids is 1. The van der Waals surface area contributed by atoms with E-state index in [-0.39, 0.29) is 18.4 Å². The second kappa shape index (κ2) is 15.8. The van der Waals surface area contributed by atoms with Gasteiger partial charge >= 0.3 is 5.97 Å². The Morgan fingerprint density at radius 1 is 1.11 bits per heavy atom. The van der Waals surface area contributed by atoms with Gasteiger partial charge in [-0.15, -0.1) is 0 Å². The van der Waals surface area contributed by atoms with Crippen LogP contribution in [0.15, 0.2) is 23.1 Å². The first kappa shape index (κ1) is 29.2. The molecule has 1 amide bonds. The molecule has 0 aliphatic carbocycles. The molecule has 1 saturated heterocycles. The maximum atomic E-state index is 12.9. The molecule has 1 N–H and O–H groups in total. The monoisotopic (exact) mass is 521 g/mol. The van der Waals surface area contributed by atoms with Gasteiger partial charge in [-0.3, -0.25) is 14.5 Å². The van der Waals surface area contributed by atoms with Crippen molar-refractivity contribution in [2.24, 2.45) is 0 Å². The number of amides is 1. The van der Waals surface area contributed by atoms with E-state index in [9.17, 15) is 9.59 Å². The first-order valence-electron chi connectivity index (χ1n) is 12.8. The molecule has 6 nitrogen and oxygen atoms in total. The largest absolute Gasteiger partial charge is 0.490 e. The maximum Gasteiger partial charge on any atom is 0.303 e. The molecule has 1 heterocycles. The number of carbonyl (C=O) groups excluding carboxylic acids is 1. The minimum atomic E-state index is -0.793. The van der Waals surface area contributed by atoms with Crippen LogP contribution in [0.3, 0.4) is 0 Å². The predicted molar refractivity (Wildman–Crippen MR) is 147 cm³/mol. The van der Waals surface area contributed by atoms with Gasteiger partial charge < -0.3 is 14.6 Å². The molecular formula is C27H39NO5S2. The molecule has 0 bridgehead atoms. The highest BCUT2D eigenvalue weighted by Crippen LogP contribution is 2.35. The minimum Gasteiger partial charge on any atom is -0.490 e. The Labute approximate surface area is 219 Å². The fourth-order valence-electron chi connectivity index (χ4n) is 3.86. The third-order valence-corrected chi connectivity index (χ3v) is 7.13. The fraction of sp³-hybridized carbons (Fsp3) is 0.593. The number of carbonyl (C=O) groups is 2. The first-order valence-corrected chi connectivity index (χ1v) is 14.0. The van der Waals surface area contributed by atoms with Crippen molar-refractivity contribution in [2.45, 2.75) is 91.1 Å². The maximum absolute atomic E-state index is 12.9. The standard InChI is InChI=1S/C27H39NO5S2/c1-4-6-7-8-10-13-20(3)33-22-16-15-21(18-23(22)32-5-2)19-24-26(31)28(27(34)35-24)17-12-9-11-14-25(29)30/h15-16,18-20H,4-14,17H2,1-3H3,(H,29,30)/b24-19+. The molecule has 1 aliphatic rings. The zero-order valence-electron chi connectivity index (χ0n) is 21.2. The summed E-state index contributed by atoms with van der Waals surface area (Å²) < 4.78 is 12.6. The lowest BCUT2D eigenvalue weighted by Gasteiger charge is -2.18. The molecule has 1 unspecified atom stereocenters. The molecule has 1 atom stereocenters. The van der Waals surface area contributed by atoms with Crippen molar-refractivity contribution in [3.8, 4) is 11.5 Å². The number of hydrogen-bond donors (Lipinski definition) is 1. The topological polar surface area (TPSA) is 76.1 Å². The minimum absolute atomic E-state index is 0.104. The average molecular weight is 522 g/mol. The smallest absolute Gasteiger partial charge is 0.303 e. The van der Waals surface area contributed by atoms with E-state index in [1.54, 1.807) is 4.90 Å². The van der Waals surface area contributed by atoms with Gasteiger partial charge in [0.05, 0.1) is 17.6 Å². The van der Waals surface area contributed by atoms with Crippen LogP contribution in [0.25, 0.3) is 6.08 Å². The number of benzene rings is 1. The second-order valence-electron chi connectivity index (χ2n) is 8.81. The zero-order valence-corrected chi connectivity index (χ0v) is 22.8. The summed E-state index contributed by atoms with van der Waals surface area (Å²) in [5.41, 5.74) is 0.856. The molecule has 0 spiro atoms. The molecule has 1 aromatic rings. The van der Waals surface area contributed by atoms with Crippen molar-refractivity contribution in [3.05, 3.63) is 28.7 Å². The van der Waals surface area contributed by atoms with E-state index in [0.29, 0.717) is 34.5 Å². The van der Waals surface area contributed by atoms with Gasteiger partial charge in [-0.1, -0.05) is 69.1 Å². The highest BCUT2D eigenvalue weighted by Gasteiger charge is 2.31. The van der Waals surface area contributed by atoms with Crippen LogP contribution in [0, 0.1) is 0 Å². The van der Waals surface area contributed by atoms with E-state index in [2.05, 4.69) is 13.8 Å². The number of thioether (sulfide) groups is 1. The summed E-state index contributed by atoms with van der Waals surface area (Å²) in [6.07, 6.45) is 11.4. The van der Waals surface area contributed by atoms with Gasteiger partial charge in [0.15, 0.2) is 11.5 Å². The lowest BCUT2D eigenvalue weighted by molar-refractivity contribution is -0.137. The first-order chi connectivity index (χ1) is 16.8. The summed E-state index contributed by atoms with van der Waals surface area (Å²) in [5.74, 6) is 0.499. The van der Waals surface area contributed by atoms with Crippen LogP contribution < -0.4 is 9.47 Å². The highest BCUT2D eigenvalue weighted by atomic mass is 32.2. The van der Waals surface area contributed by atoms with Crippen molar-refractivity contribution < 1.29 is 24.2 Å². The molecule has 0 saturated carbocycles. The van der Waals surface area contributed by atoms with Crippen LogP contribution >= 0.6 is 24.0 Å². The van der Waals surface area contributed by atoms with Crippen molar-refractivity contribution in [3.63, 3.8) is 0 Å². The number of unbranched alkanes of at least 4 members (excludes halogenated alkanes) is 6. The number of rotatable bonds is 17. The Kier molecular flexibility index (Phi) is 13.2. The van der Waals surface area contributed by atoms with E-state index in [0.717, 1.165) is 37.0 Å². The van der Waals surface area contributed by atoms with Crippen LogP contribution in [-0.2, 0) is 9.59 Å². The molecule has 1 aliphatic heterocycles. The zero-order chi connectivity index (χ0) is 25.6. The van der Waals surface area contributed by atoms with Crippen LogP contribution in [-0.4, -0.2) is 45.5 Å². The van der Waals surface area contributed by atoms with E-state index < -0.39 is 5.97 Å². The lowest BCUT2D eigenvalue weighted by atomic mass is 10.1. The van der Waals surface area contributed by atoms with Gasteiger partial charge in [-0.2, -0.15) is 0 Å². The normalized spacial score (nSPS) is 15.6. The van der Waals surface area contributed by atoms with Crippen LogP contribution in [0.5, 0.6) is 11.5 Å². The quantitative estimate of drug-likeness (QED) is 0.134. The van der Waals surface area contributed by atoms with Crippen LogP contribution in [0.1, 0.15) is 90.5 Å². The molecule has 8 heteroatoms. The Morgan fingerprint density at radius 2 is 1.86 bits per heavy atom. The van der Waals surface area contributed by atoms with E-state index in [1.165, 1.54) is 37.4 Å². The number of hydrogen-bond acceptors (Lipinski definition) is 6. The second-order valence-corrected chi connectivity index (χ2v) is 10.5. The Hall–Kier alpha value is -2.06. The van der Waals surface area contributed by atoms with E-state index >= 15 is 0 Å². The molecule has 1 fully saturated rings. The Balaban J connectivity index is 1.98. The number of thiocarbonyl (C=S) groups is 1. The number of nitrogens with zero attached hydrogens (tertiary/aromatic N) is 1. The average Bonchev–Trinajstić information content (AvgIpc) is 3.07. The van der Waals surface area contributed by atoms with E-state index in [4.69, 9.17) is 26.8 Å². The SMILES string of the molecule is CCCCCCCC(C)Oc1ccc(/C=C2/SC(=S)N(CCCCCC(=O)O)C2=O)cc1OCC. The molecule has 35 heavy (non-hydrogen) atoms. The van der Waals surface area contributed by atoms with Gasteiger partial charge in [0.2, 0.25) is 0 Å². The van der Waals surface area contributed by atoms with Crippen molar-refractivity contribution >= 4 is 46.3 Å². The number of ether oxygens (including phenoxy) is 2. The third-order valence-electron chi connectivity index (χ3n) is 5.75. The molecule has 194 valence electrons. The summed E-state index contributed by atoms with van der Waals surface area (Å²) in [7, 11) is 0. The van der Waals surface area contributed by atoms with Crippen molar-refractivity contribution in [2.75, 3.05) is 13.2 Å². The number of carboxylic acids is 1. The lowest BCUT2D eigenvalue weighted by Crippen LogP contribution is -2.29. The van der Waals surface area contributed by atoms with Gasteiger partial charge in [0, 0.05) is 13.0 Å². The molecular weight excluding hydrogens is 482 g/mol. The van der Waals surface area contributed by atoms with Crippen LogP contribution in [0.2, 0.25) is 0 Å². The van der Waals surface area contributed by atoms with Gasteiger partial charge in [-0.05, 0) is 63.3 Å². The van der Waals surface area contributed by atoms with Gasteiger partial charge in [0.1, 0.15) is 4.32 Å². The molecule has 0 radical (unpaired) electrons. The van der Waals surface area contributed by atoms with Gasteiger partial charge in [0.25, 0.3) is 5.91 Å². The fourth-order valence-corrected chi connectivity index (χ4v) is 5.17. The summed E-state index contributed by atoms with van der Waals surface area (Å²) >= 11 is 6.71. The van der Waals surface area contributed by atoms with Crippen LogP contribution in [0.4, 0.5) is 0 Å². The highest BCUT2D eigenvalue weighted by molar-refractivity contribution is 8.26. The van der Waals surface area contributed by atoms with Gasteiger partial charge in [-0.25, -0.2) is 0 Å². The summed E-state index contributed by atoms with van der Waals surface area (Å²) in [5, 5.41) is 8.74. The molecule has 0 aromatic heterocycles. The molecule has 2 rings (SSSR count). The summed E-state index contributed by atoms with van der Waals surface area (Å²) in [6.45, 7) is 7.29. The molecule has 1 aromatic carbocycles. The number of carboxylic acid groups (broad SMARTS) is 1. The Morgan fingerprint density at radius 3 is 2.57 bits per heavy atom. The predicted octanol–water partition coefficient (Wildman–Crippen LogP) is 7.06.